The van der Waals surface area contributed by atoms with E-state index in [1.54, 1.807) is 0 Å². The van der Waals surface area contributed by atoms with Gasteiger partial charge >= 0.3 is 0 Å². The second kappa shape index (κ2) is 4.56. The summed E-state index contributed by atoms with van der Waals surface area (Å²) in [6.07, 6.45) is 2.21. The highest BCUT2D eigenvalue weighted by Crippen LogP contribution is 2.33. The van der Waals surface area contributed by atoms with E-state index in [0.717, 1.165) is 6.54 Å². The SMILES string of the molecule is Cc1cc[n+]2c(c1C)-c1cc(-c3ccccc3)ccc1C2. The van der Waals surface area contributed by atoms with Crippen LogP contribution in [0.3, 0.4) is 0 Å². The van der Waals surface area contributed by atoms with Crippen LogP contribution >= 0.6 is 0 Å². The van der Waals surface area contributed by atoms with E-state index >= 15 is 0 Å². The van der Waals surface area contributed by atoms with E-state index in [1.165, 1.54) is 39.1 Å². The predicted octanol–water partition coefficient (Wildman–Crippen LogP) is 4.29. The molecule has 2 aromatic carbocycles. The van der Waals surface area contributed by atoms with Gasteiger partial charge in [0.15, 0.2) is 12.7 Å². The van der Waals surface area contributed by atoms with Crippen molar-refractivity contribution in [2.75, 3.05) is 0 Å². The van der Waals surface area contributed by atoms with Crippen LogP contribution in [0.15, 0.2) is 60.8 Å². The highest BCUT2D eigenvalue weighted by molar-refractivity contribution is 5.75. The van der Waals surface area contributed by atoms with Gasteiger partial charge in [-0.2, -0.15) is 4.57 Å². The van der Waals surface area contributed by atoms with Crippen molar-refractivity contribution in [1.29, 1.82) is 0 Å². The summed E-state index contributed by atoms with van der Waals surface area (Å²) in [5.74, 6) is 0. The second-order valence-electron chi connectivity index (χ2n) is 5.84. The minimum absolute atomic E-state index is 0.987. The van der Waals surface area contributed by atoms with Crippen molar-refractivity contribution in [3.8, 4) is 22.4 Å². The smallest absolute Gasteiger partial charge is 0.194 e. The summed E-state index contributed by atoms with van der Waals surface area (Å²) in [4.78, 5) is 0. The Labute approximate surface area is 125 Å². The van der Waals surface area contributed by atoms with Crippen LogP contribution in [0.4, 0.5) is 0 Å². The lowest BCUT2D eigenvalue weighted by Gasteiger charge is -2.05. The van der Waals surface area contributed by atoms with E-state index in [9.17, 15) is 0 Å². The third kappa shape index (κ3) is 1.89. The van der Waals surface area contributed by atoms with Crippen LogP contribution in [-0.4, -0.2) is 0 Å². The Morgan fingerprint density at radius 2 is 1.67 bits per heavy atom. The maximum atomic E-state index is 2.36. The van der Waals surface area contributed by atoms with E-state index in [2.05, 4.69) is 79.2 Å². The van der Waals surface area contributed by atoms with Crippen LogP contribution in [0.1, 0.15) is 16.7 Å². The monoisotopic (exact) mass is 272 g/mol. The van der Waals surface area contributed by atoms with Crippen LogP contribution in [0.25, 0.3) is 22.4 Å². The highest BCUT2D eigenvalue weighted by atomic mass is 15.0. The molecular formula is C20H18N+. The van der Waals surface area contributed by atoms with Gasteiger partial charge in [-0.05, 0) is 36.6 Å². The van der Waals surface area contributed by atoms with Crippen molar-refractivity contribution in [3.05, 3.63) is 77.5 Å². The molecule has 0 atom stereocenters. The molecule has 0 saturated carbocycles. The minimum Gasteiger partial charge on any atom is -0.194 e. The molecule has 0 spiro atoms. The normalized spacial score (nSPS) is 12.1. The standard InChI is InChI=1S/C20H18N/c1-14-10-11-21-13-18-9-8-17(16-6-4-3-5-7-16)12-19(18)20(21)15(14)2/h3-12H,13H2,1-2H3/q+1. The number of rotatable bonds is 1. The fraction of sp³-hybridized carbons (Fsp3) is 0.150. The quantitative estimate of drug-likeness (QED) is 0.455. The first kappa shape index (κ1) is 12.3. The van der Waals surface area contributed by atoms with Crippen LogP contribution < -0.4 is 4.57 Å². The topological polar surface area (TPSA) is 3.88 Å². The molecular weight excluding hydrogens is 254 g/mol. The Balaban J connectivity index is 1.93. The number of nitrogens with zero attached hydrogens (tertiary/aromatic N) is 1. The molecule has 0 aliphatic carbocycles. The lowest BCUT2D eigenvalue weighted by atomic mass is 9.97. The van der Waals surface area contributed by atoms with Crippen LogP contribution in [-0.2, 0) is 6.54 Å². The maximum Gasteiger partial charge on any atom is 0.216 e. The fourth-order valence-corrected chi connectivity index (χ4v) is 3.22. The largest absolute Gasteiger partial charge is 0.216 e. The zero-order valence-corrected chi connectivity index (χ0v) is 12.4. The van der Waals surface area contributed by atoms with Gasteiger partial charge in [0.25, 0.3) is 0 Å². The van der Waals surface area contributed by atoms with Crippen LogP contribution in [0.5, 0.6) is 0 Å². The van der Waals surface area contributed by atoms with E-state index in [1.807, 2.05) is 0 Å². The molecule has 0 fully saturated rings. The first-order valence-corrected chi connectivity index (χ1v) is 7.42. The molecule has 1 nitrogen and oxygen atoms in total. The van der Waals surface area contributed by atoms with Crippen molar-refractivity contribution in [3.63, 3.8) is 0 Å². The molecule has 1 aromatic heterocycles. The van der Waals surface area contributed by atoms with Gasteiger partial charge in [0.1, 0.15) is 0 Å². The lowest BCUT2D eigenvalue weighted by molar-refractivity contribution is -0.672. The van der Waals surface area contributed by atoms with Crippen molar-refractivity contribution < 1.29 is 4.57 Å². The average Bonchev–Trinajstić information content (AvgIpc) is 2.90. The van der Waals surface area contributed by atoms with Crippen molar-refractivity contribution in [2.24, 2.45) is 0 Å². The molecule has 4 rings (SSSR count). The van der Waals surface area contributed by atoms with Crippen LogP contribution in [0.2, 0.25) is 0 Å². The molecule has 2 heterocycles. The van der Waals surface area contributed by atoms with Gasteiger partial charge in [0.05, 0.1) is 5.56 Å². The maximum absolute atomic E-state index is 2.36. The molecule has 0 radical (unpaired) electrons. The number of fused-ring (bicyclic) bond motifs is 3. The second-order valence-corrected chi connectivity index (χ2v) is 5.84. The lowest BCUT2D eigenvalue weighted by Crippen LogP contribution is -2.32. The first-order valence-electron chi connectivity index (χ1n) is 7.42. The molecule has 21 heavy (non-hydrogen) atoms. The van der Waals surface area contributed by atoms with Crippen molar-refractivity contribution in [1.82, 2.24) is 0 Å². The van der Waals surface area contributed by atoms with Gasteiger partial charge in [-0.25, -0.2) is 0 Å². The number of hydrogen-bond donors (Lipinski definition) is 0. The molecule has 1 aliphatic heterocycles. The summed E-state index contributed by atoms with van der Waals surface area (Å²) in [6, 6.07) is 19.7. The summed E-state index contributed by atoms with van der Waals surface area (Å²) in [6.45, 7) is 5.40. The molecule has 1 aliphatic rings. The van der Waals surface area contributed by atoms with E-state index in [4.69, 9.17) is 0 Å². The Morgan fingerprint density at radius 1 is 0.857 bits per heavy atom. The third-order valence-corrected chi connectivity index (χ3v) is 4.55. The minimum atomic E-state index is 0.987. The summed E-state index contributed by atoms with van der Waals surface area (Å²) in [5.41, 5.74) is 9.51. The van der Waals surface area contributed by atoms with E-state index in [0.29, 0.717) is 0 Å². The van der Waals surface area contributed by atoms with E-state index < -0.39 is 0 Å². The number of aryl methyl sites for hydroxylation is 1. The number of benzene rings is 2. The van der Waals surface area contributed by atoms with Gasteiger partial charge in [-0.1, -0.05) is 42.5 Å². The Bertz CT molecular complexity index is 832. The summed E-state index contributed by atoms with van der Waals surface area (Å²) >= 11 is 0. The fourth-order valence-electron chi connectivity index (χ4n) is 3.22. The molecule has 0 bridgehead atoms. The van der Waals surface area contributed by atoms with Gasteiger partial charge in [0, 0.05) is 17.2 Å². The van der Waals surface area contributed by atoms with Gasteiger partial charge < -0.3 is 0 Å². The number of pyridine rings is 1. The number of hydrogen-bond acceptors (Lipinski definition) is 0. The van der Waals surface area contributed by atoms with E-state index in [-0.39, 0.29) is 0 Å². The van der Waals surface area contributed by atoms with Gasteiger partial charge in [0.2, 0.25) is 5.69 Å². The zero-order valence-electron chi connectivity index (χ0n) is 12.4. The molecule has 0 amide bonds. The van der Waals surface area contributed by atoms with Crippen LogP contribution in [0, 0.1) is 13.8 Å². The summed E-state index contributed by atoms with van der Waals surface area (Å²) < 4.78 is 2.36. The first-order chi connectivity index (χ1) is 10.2. The third-order valence-electron chi connectivity index (χ3n) is 4.55. The summed E-state index contributed by atoms with van der Waals surface area (Å²) in [5, 5.41) is 0. The Hall–Kier alpha value is -2.41. The molecule has 0 N–H and O–H groups in total. The average molecular weight is 272 g/mol. The molecule has 0 unspecified atom stereocenters. The van der Waals surface area contributed by atoms with Crippen molar-refractivity contribution in [2.45, 2.75) is 20.4 Å². The highest BCUT2D eigenvalue weighted by Gasteiger charge is 2.28. The van der Waals surface area contributed by atoms with Crippen molar-refractivity contribution >= 4 is 0 Å². The number of aromatic nitrogens is 1. The molecule has 0 saturated heterocycles. The van der Waals surface area contributed by atoms with Gasteiger partial charge in [-0.15, -0.1) is 0 Å². The van der Waals surface area contributed by atoms with Gasteiger partial charge in [-0.3, -0.25) is 0 Å². The molecule has 102 valence electrons. The molecule has 3 aromatic rings. The summed E-state index contributed by atoms with van der Waals surface area (Å²) in [7, 11) is 0. The Morgan fingerprint density at radius 3 is 2.48 bits per heavy atom. The molecule has 1 heteroatoms. The zero-order chi connectivity index (χ0) is 14.4. The predicted molar refractivity (Wildman–Crippen MR) is 86.1 cm³/mol. The Kier molecular flexibility index (Phi) is 2.68.